The molecular formula is C18H24N2O. The van der Waals surface area contributed by atoms with Crippen molar-refractivity contribution >= 4 is 0 Å². The van der Waals surface area contributed by atoms with Crippen molar-refractivity contribution in [1.29, 1.82) is 0 Å². The van der Waals surface area contributed by atoms with Gasteiger partial charge in [-0.2, -0.15) is 0 Å². The van der Waals surface area contributed by atoms with E-state index in [2.05, 4.69) is 37.1 Å². The van der Waals surface area contributed by atoms with Gasteiger partial charge in [-0.1, -0.05) is 24.3 Å². The van der Waals surface area contributed by atoms with Crippen LogP contribution in [0.15, 0.2) is 36.4 Å². The van der Waals surface area contributed by atoms with Gasteiger partial charge in [0.15, 0.2) is 0 Å². The number of benzene rings is 1. The number of hydrogen-bond donors (Lipinski definition) is 1. The number of nitrogens with one attached hydrogen (secondary N) is 1. The lowest BCUT2D eigenvalue weighted by atomic mass is 10.1. The zero-order valence-corrected chi connectivity index (χ0v) is 13.5. The summed E-state index contributed by atoms with van der Waals surface area (Å²) >= 11 is 0. The molecule has 0 aliphatic heterocycles. The molecule has 21 heavy (non-hydrogen) atoms. The second kappa shape index (κ2) is 6.27. The van der Waals surface area contributed by atoms with Gasteiger partial charge >= 0.3 is 0 Å². The Balaban J connectivity index is 2.10. The smallest absolute Gasteiger partial charge is 0.219 e. The Labute approximate surface area is 127 Å². The van der Waals surface area contributed by atoms with Crippen molar-refractivity contribution in [3.63, 3.8) is 0 Å². The SMILES string of the molecule is Cc1ccccc1Oc1ccc(CNC(C)(C)C)c(C)n1. The highest BCUT2D eigenvalue weighted by Crippen LogP contribution is 2.24. The highest BCUT2D eigenvalue weighted by molar-refractivity contribution is 5.35. The van der Waals surface area contributed by atoms with Crippen molar-refractivity contribution in [3.05, 3.63) is 53.2 Å². The largest absolute Gasteiger partial charge is 0.439 e. The average molecular weight is 284 g/mol. The fraction of sp³-hybridized carbons (Fsp3) is 0.389. The molecule has 0 amide bonds. The monoisotopic (exact) mass is 284 g/mol. The topological polar surface area (TPSA) is 34.1 Å². The predicted molar refractivity (Wildman–Crippen MR) is 86.8 cm³/mol. The van der Waals surface area contributed by atoms with E-state index in [-0.39, 0.29) is 5.54 Å². The number of nitrogens with zero attached hydrogens (tertiary/aromatic N) is 1. The Morgan fingerprint density at radius 1 is 1.05 bits per heavy atom. The molecule has 0 saturated heterocycles. The first-order valence-electron chi connectivity index (χ1n) is 7.30. The van der Waals surface area contributed by atoms with Crippen molar-refractivity contribution in [3.8, 4) is 11.6 Å². The Morgan fingerprint density at radius 2 is 1.76 bits per heavy atom. The number of aromatic nitrogens is 1. The molecule has 0 spiro atoms. The van der Waals surface area contributed by atoms with Gasteiger partial charge in [0.25, 0.3) is 0 Å². The zero-order valence-electron chi connectivity index (χ0n) is 13.5. The van der Waals surface area contributed by atoms with Crippen LogP contribution >= 0.6 is 0 Å². The first kappa shape index (κ1) is 15.5. The summed E-state index contributed by atoms with van der Waals surface area (Å²) in [7, 11) is 0. The number of hydrogen-bond acceptors (Lipinski definition) is 3. The maximum atomic E-state index is 5.86. The maximum absolute atomic E-state index is 5.86. The molecule has 3 nitrogen and oxygen atoms in total. The zero-order chi connectivity index (χ0) is 15.5. The number of rotatable bonds is 4. The van der Waals surface area contributed by atoms with Crippen LogP contribution in [0.3, 0.4) is 0 Å². The van der Waals surface area contributed by atoms with Crippen molar-refractivity contribution in [2.45, 2.75) is 46.7 Å². The summed E-state index contributed by atoms with van der Waals surface area (Å²) in [5, 5.41) is 3.48. The van der Waals surface area contributed by atoms with Gasteiger partial charge in [-0.05, 0) is 51.8 Å². The van der Waals surface area contributed by atoms with Crippen LogP contribution in [0.2, 0.25) is 0 Å². The Bertz CT molecular complexity index is 615. The lowest BCUT2D eigenvalue weighted by molar-refractivity contribution is 0.422. The number of para-hydroxylation sites is 1. The summed E-state index contributed by atoms with van der Waals surface area (Å²) < 4.78 is 5.86. The molecule has 112 valence electrons. The molecular weight excluding hydrogens is 260 g/mol. The highest BCUT2D eigenvalue weighted by atomic mass is 16.5. The van der Waals surface area contributed by atoms with Crippen LogP contribution in [-0.2, 0) is 6.54 Å². The van der Waals surface area contributed by atoms with Crippen LogP contribution in [0.5, 0.6) is 11.6 Å². The minimum atomic E-state index is 0.1000. The quantitative estimate of drug-likeness (QED) is 0.904. The van der Waals surface area contributed by atoms with E-state index in [4.69, 9.17) is 4.74 Å². The summed E-state index contributed by atoms with van der Waals surface area (Å²) in [6.45, 7) is 11.3. The molecule has 3 heteroatoms. The minimum absolute atomic E-state index is 0.1000. The summed E-state index contributed by atoms with van der Waals surface area (Å²) in [6.07, 6.45) is 0. The molecule has 1 aromatic carbocycles. The maximum Gasteiger partial charge on any atom is 0.219 e. The molecule has 1 N–H and O–H groups in total. The number of pyridine rings is 1. The Kier molecular flexibility index (Phi) is 4.63. The van der Waals surface area contributed by atoms with E-state index in [1.165, 1.54) is 5.56 Å². The van der Waals surface area contributed by atoms with E-state index in [1.54, 1.807) is 0 Å². The van der Waals surface area contributed by atoms with Gasteiger partial charge in [-0.25, -0.2) is 4.98 Å². The van der Waals surface area contributed by atoms with E-state index in [9.17, 15) is 0 Å². The molecule has 0 aliphatic rings. The second-order valence-corrected chi connectivity index (χ2v) is 6.37. The molecule has 0 atom stereocenters. The molecule has 2 rings (SSSR count). The van der Waals surface area contributed by atoms with E-state index >= 15 is 0 Å². The summed E-state index contributed by atoms with van der Waals surface area (Å²) in [6, 6.07) is 12.0. The second-order valence-electron chi connectivity index (χ2n) is 6.37. The average Bonchev–Trinajstić information content (AvgIpc) is 2.39. The predicted octanol–water partition coefficient (Wildman–Crippen LogP) is 4.38. The van der Waals surface area contributed by atoms with Crippen LogP contribution < -0.4 is 10.1 Å². The number of ether oxygens (including phenoxy) is 1. The summed E-state index contributed by atoms with van der Waals surface area (Å²) in [5.74, 6) is 1.49. The molecule has 1 aromatic heterocycles. The van der Waals surface area contributed by atoms with Gasteiger partial charge in [-0.3, -0.25) is 0 Å². The van der Waals surface area contributed by atoms with Crippen LogP contribution in [-0.4, -0.2) is 10.5 Å². The first-order chi connectivity index (χ1) is 9.85. The van der Waals surface area contributed by atoms with Gasteiger partial charge in [0, 0.05) is 23.8 Å². The fourth-order valence-corrected chi connectivity index (χ4v) is 1.95. The van der Waals surface area contributed by atoms with Gasteiger partial charge in [-0.15, -0.1) is 0 Å². The van der Waals surface area contributed by atoms with E-state index in [1.807, 2.05) is 44.2 Å². The number of aryl methyl sites for hydroxylation is 2. The summed E-state index contributed by atoms with van der Waals surface area (Å²) in [5.41, 5.74) is 3.40. The van der Waals surface area contributed by atoms with Gasteiger partial charge < -0.3 is 10.1 Å². The van der Waals surface area contributed by atoms with Crippen LogP contribution in [0.4, 0.5) is 0 Å². The Hall–Kier alpha value is -1.87. The van der Waals surface area contributed by atoms with E-state index in [0.29, 0.717) is 5.88 Å². The molecule has 0 saturated carbocycles. The van der Waals surface area contributed by atoms with Crippen molar-refractivity contribution in [2.24, 2.45) is 0 Å². The summed E-state index contributed by atoms with van der Waals surface area (Å²) in [4.78, 5) is 4.55. The molecule has 0 aliphatic carbocycles. The van der Waals surface area contributed by atoms with E-state index < -0.39 is 0 Å². The molecule has 2 aromatic rings. The molecule has 0 radical (unpaired) electrons. The minimum Gasteiger partial charge on any atom is -0.439 e. The first-order valence-corrected chi connectivity index (χ1v) is 7.30. The third kappa shape index (κ3) is 4.57. The third-order valence-electron chi connectivity index (χ3n) is 3.29. The lowest BCUT2D eigenvalue weighted by Gasteiger charge is -2.21. The van der Waals surface area contributed by atoms with Gasteiger partial charge in [0.2, 0.25) is 5.88 Å². The normalized spacial score (nSPS) is 11.5. The van der Waals surface area contributed by atoms with E-state index in [0.717, 1.165) is 23.6 Å². The molecule has 0 unspecified atom stereocenters. The standard InChI is InChI=1S/C18H24N2O/c1-13-8-6-7-9-16(13)21-17-11-10-15(14(2)20-17)12-19-18(3,4)5/h6-11,19H,12H2,1-5H3. The molecule has 0 fully saturated rings. The molecule has 0 bridgehead atoms. The fourth-order valence-electron chi connectivity index (χ4n) is 1.95. The Morgan fingerprint density at radius 3 is 2.38 bits per heavy atom. The third-order valence-corrected chi connectivity index (χ3v) is 3.29. The van der Waals surface area contributed by atoms with Crippen LogP contribution in [0.25, 0.3) is 0 Å². The van der Waals surface area contributed by atoms with Crippen LogP contribution in [0.1, 0.15) is 37.6 Å². The lowest BCUT2D eigenvalue weighted by Crippen LogP contribution is -2.35. The van der Waals surface area contributed by atoms with Crippen molar-refractivity contribution in [2.75, 3.05) is 0 Å². The molecule has 1 heterocycles. The van der Waals surface area contributed by atoms with Crippen molar-refractivity contribution < 1.29 is 4.74 Å². The highest BCUT2D eigenvalue weighted by Gasteiger charge is 2.10. The van der Waals surface area contributed by atoms with Gasteiger partial charge in [0.05, 0.1) is 0 Å². The van der Waals surface area contributed by atoms with Crippen LogP contribution in [0, 0.1) is 13.8 Å². The van der Waals surface area contributed by atoms with Gasteiger partial charge in [0.1, 0.15) is 5.75 Å². The van der Waals surface area contributed by atoms with Crippen molar-refractivity contribution in [1.82, 2.24) is 10.3 Å².